The lowest BCUT2D eigenvalue weighted by atomic mass is 9.91. The summed E-state index contributed by atoms with van der Waals surface area (Å²) in [5, 5.41) is 8.95. The standard InChI is InChI=1S/C29H38N4O4/c1-28(2,3)36-26(34)24(22-19-32(17-16-30-22)18-20-12-8-7-9-13-20)25-21-14-10-11-15-23(21)33(31-25)27(35)37-29(4,5)6/h7-15,22,24,30H,16-19H2,1-6H3. The molecule has 37 heavy (non-hydrogen) atoms. The van der Waals surface area contributed by atoms with E-state index in [4.69, 9.17) is 14.6 Å². The molecular weight excluding hydrogens is 468 g/mol. The van der Waals surface area contributed by atoms with Crippen molar-refractivity contribution in [1.29, 1.82) is 0 Å². The summed E-state index contributed by atoms with van der Waals surface area (Å²) >= 11 is 0. The third kappa shape index (κ3) is 6.76. The van der Waals surface area contributed by atoms with Gasteiger partial charge in [0.1, 0.15) is 17.1 Å². The molecule has 0 spiro atoms. The van der Waals surface area contributed by atoms with E-state index in [1.54, 1.807) is 0 Å². The normalized spacial score (nSPS) is 17.9. The molecule has 0 amide bonds. The molecule has 0 bridgehead atoms. The Morgan fingerprint density at radius 2 is 1.62 bits per heavy atom. The molecule has 8 heteroatoms. The average Bonchev–Trinajstić information content (AvgIpc) is 3.18. The molecule has 2 unspecified atom stereocenters. The fourth-order valence-corrected chi connectivity index (χ4v) is 4.65. The molecule has 0 saturated carbocycles. The minimum Gasteiger partial charge on any atom is -0.459 e. The lowest BCUT2D eigenvalue weighted by Gasteiger charge is -2.37. The SMILES string of the molecule is CC(C)(C)OC(=O)C(c1nn(C(=O)OC(C)(C)C)c2ccccc12)C1CN(Cc2ccccc2)CCN1. The molecule has 2 heterocycles. The van der Waals surface area contributed by atoms with Crippen LogP contribution in [0.4, 0.5) is 4.79 Å². The zero-order valence-corrected chi connectivity index (χ0v) is 22.7. The summed E-state index contributed by atoms with van der Waals surface area (Å²) in [4.78, 5) is 29.1. The number of esters is 1. The highest BCUT2D eigenvalue weighted by atomic mass is 16.6. The Labute approximate surface area is 218 Å². The number of aromatic nitrogens is 2. The maximum atomic E-state index is 13.7. The minimum absolute atomic E-state index is 0.252. The number of fused-ring (bicyclic) bond motifs is 1. The van der Waals surface area contributed by atoms with Crippen LogP contribution in [0.1, 0.15) is 58.7 Å². The van der Waals surface area contributed by atoms with Gasteiger partial charge >= 0.3 is 12.1 Å². The predicted molar refractivity (Wildman–Crippen MR) is 143 cm³/mol. The van der Waals surface area contributed by atoms with Gasteiger partial charge in [-0.2, -0.15) is 9.78 Å². The number of piperazine rings is 1. The van der Waals surface area contributed by atoms with Crippen molar-refractivity contribution in [3.05, 3.63) is 65.9 Å². The van der Waals surface area contributed by atoms with Gasteiger partial charge in [0, 0.05) is 37.6 Å². The van der Waals surface area contributed by atoms with Crippen LogP contribution in [0.3, 0.4) is 0 Å². The van der Waals surface area contributed by atoms with Crippen molar-refractivity contribution >= 4 is 23.0 Å². The monoisotopic (exact) mass is 506 g/mol. The summed E-state index contributed by atoms with van der Waals surface area (Å²) in [5.74, 6) is -1.09. The van der Waals surface area contributed by atoms with Crippen molar-refractivity contribution in [3.63, 3.8) is 0 Å². The van der Waals surface area contributed by atoms with E-state index in [9.17, 15) is 9.59 Å². The molecule has 1 aliphatic heterocycles. The zero-order chi connectivity index (χ0) is 26.8. The first-order valence-corrected chi connectivity index (χ1v) is 12.8. The van der Waals surface area contributed by atoms with Crippen molar-refractivity contribution < 1.29 is 19.1 Å². The fraction of sp³-hybridized carbons (Fsp3) is 0.483. The van der Waals surface area contributed by atoms with E-state index >= 15 is 0 Å². The number of nitrogens with zero attached hydrogens (tertiary/aromatic N) is 3. The molecule has 1 N–H and O–H groups in total. The summed E-state index contributed by atoms with van der Waals surface area (Å²) in [6, 6.07) is 17.5. The van der Waals surface area contributed by atoms with Crippen LogP contribution in [0.2, 0.25) is 0 Å². The van der Waals surface area contributed by atoms with E-state index < -0.39 is 23.2 Å². The van der Waals surface area contributed by atoms with E-state index in [0.717, 1.165) is 25.0 Å². The lowest BCUT2D eigenvalue weighted by molar-refractivity contribution is -0.158. The second-order valence-electron chi connectivity index (χ2n) is 11.6. The van der Waals surface area contributed by atoms with E-state index in [1.165, 1.54) is 10.2 Å². The molecule has 1 fully saturated rings. The molecule has 0 radical (unpaired) electrons. The van der Waals surface area contributed by atoms with Gasteiger partial charge in [-0.15, -0.1) is 0 Å². The summed E-state index contributed by atoms with van der Waals surface area (Å²) in [7, 11) is 0. The molecule has 1 saturated heterocycles. The molecule has 8 nitrogen and oxygen atoms in total. The smallest absolute Gasteiger partial charge is 0.435 e. The van der Waals surface area contributed by atoms with Gasteiger partial charge < -0.3 is 14.8 Å². The molecule has 1 aromatic heterocycles. The highest BCUT2D eigenvalue weighted by Gasteiger charge is 2.39. The first-order valence-electron chi connectivity index (χ1n) is 12.8. The maximum Gasteiger partial charge on any atom is 0.435 e. The highest BCUT2D eigenvalue weighted by molar-refractivity contribution is 5.93. The third-order valence-electron chi connectivity index (χ3n) is 6.08. The number of hydrogen-bond donors (Lipinski definition) is 1. The number of hydrogen-bond acceptors (Lipinski definition) is 7. The Morgan fingerprint density at radius 1 is 0.973 bits per heavy atom. The number of carbonyl (C=O) groups is 2. The molecule has 1 aliphatic rings. The predicted octanol–water partition coefficient (Wildman–Crippen LogP) is 4.72. The Hall–Kier alpha value is -3.23. The van der Waals surface area contributed by atoms with Crippen LogP contribution in [0.15, 0.2) is 54.6 Å². The van der Waals surface area contributed by atoms with E-state index in [2.05, 4.69) is 22.3 Å². The van der Waals surface area contributed by atoms with Gasteiger partial charge in [0.15, 0.2) is 0 Å². The third-order valence-corrected chi connectivity index (χ3v) is 6.08. The van der Waals surface area contributed by atoms with Crippen LogP contribution in [-0.2, 0) is 20.8 Å². The summed E-state index contributed by atoms with van der Waals surface area (Å²) in [5.41, 5.74) is 0.971. The lowest BCUT2D eigenvalue weighted by Crippen LogP contribution is -2.54. The number of para-hydroxylation sites is 1. The van der Waals surface area contributed by atoms with Crippen molar-refractivity contribution in [1.82, 2.24) is 20.0 Å². The molecule has 4 rings (SSSR count). The Bertz CT molecular complexity index is 1240. The molecular formula is C29H38N4O4. The summed E-state index contributed by atoms with van der Waals surface area (Å²) < 4.78 is 12.8. The van der Waals surface area contributed by atoms with Crippen molar-refractivity contribution in [2.24, 2.45) is 0 Å². The largest absolute Gasteiger partial charge is 0.459 e. The Kier molecular flexibility index (Phi) is 7.71. The highest BCUT2D eigenvalue weighted by Crippen LogP contribution is 2.32. The molecule has 2 atom stereocenters. The van der Waals surface area contributed by atoms with Crippen LogP contribution >= 0.6 is 0 Å². The van der Waals surface area contributed by atoms with Gasteiger partial charge in [-0.25, -0.2) is 4.79 Å². The number of rotatable bonds is 5. The van der Waals surface area contributed by atoms with Crippen LogP contribution < -0.4 is 5.32 Å². The minimum atomic E-state index is -0.716. The van der Waals surface area contributed by atoms with Gasteiger partial charge in [0.2, 0.25) is 0 Å². The van der Waals surface area contributed by atoms with Crippen LogP contribution in [-0.4, -0.2) is 63.6 Å². The number of carbonyl (C=O) groups excluding carboxylic acids is 2. The second-order valence-corrected chi connectivity index (χ2v) is 11.6. The van der Waals surface area contributed by atoms with Crippen molar-refractivity contribution in [3.8, 4) is 0 Å². The van der Waals surface area contributed by atoms with Gasteiger partial charge in [0.05, 0.1) is 11.2 Å². The first-order chi connectivity index (χ1) is 17.4. The molecule has 0 aliphatic carbocycles. The van der Waals surface area contributed by atoms with Crippen LogP contribution in [0.5, 0.6) is 0 Å². The van der Waals surface area contributed by atoms with E-state index in [0.29, 0.717) is 17.8 Å². The number of ether oxygens (including phenoxy) is 2. The van der Waals surface area contributed by atoms with Gasteiger partial charge in [-0.05, 0) is 53.2 Å². The van der Waals surface area contributed by atoms with Gasteiger partial charge in [-0.1, -0.05) is 48.5 Å². The van der Waals surface area contributed by atoms with Crippen molar-refractivity contribution in [2.75, 3.05) is 19.6 Å². The zero-order valence-electron chi connectivity index (χ0n) is 22.7. The topological polar surface area (TPSA) is 85.7 Å². The van der Waals surface area contributed by atoms with Gasteiger partial charge in [-0.3, -0.25) is 9.69 Å². The van der Waals surface area contributed by atoms with E-state index in [1.807, 2.05) is 84.0 Å². The van der Waals surface area contributed by atoms with E-state index in [-0.39, 0.29) is 12.0 Å². The van der Waals surface area contributed by atoms with Crippen LogP contribution in [0, 0.1) is 0 Å². The Balaban J connectivity index is 1.73. The summed E-state index contributed by atoms with van der Waals surface area (Å²) in [6.07, 6.45) is -0.583. The van der Waals surface area contributed by atoms with Gasteiger partial charge in [0.25, 0.3) is 0 Å². The molecule has 2 aromatic carbocycles. The number of benzene rings is 2. The summed E-state index contributed by atoms with van der Waals surface area (Å²) in [6.45, 7) is 14.0. The maximum absolute atomic E-state index is 13.7. The van der Waals surface area contributed by atoms with Crippen molar-refractivity contribution in [2.45, 2.75) is 71.2 Å². The average molecular weight is 507 g/mol. The van der Waals surface area contributed by atoms with Crippen LogP contribution in [0.25, 0.3) is 10.9 Å². The number of nitrogens with one attached hydrogen (secondary N) is 1. The quantitative estimate of drug-likeness (QED) is 0.501. The fourth-order valence-electron chi connectivity index (χ4n) is 4.65. The second kappa shape index (κ2) is 10.6. The molecule has 198 valence electrons. The molecule has 3 aromatic rings. The first kappa shape index (κ1) is 26.8. The Morgan fingerprint density at radius 3 is 2.30 bits per heavy atom.